The molecular weight excluding hydrogens is 258 g/mol. The van der Waals surface area contributed by atoms with Gasteiger partial charge < -0.3 is 15.4 Å². The maximum absolute atomic E-state index is 5.82. The van der Waals surface area contributed by atoms with Gasteiger partial charge in [-0.1, -0.05) is 13.3 Å². The number of hydrogen-bond acceptors (Lipinski definition) is 5. The molecule has 1 aliphatic heterocycles. The van der Waals surface area contributed by atoms with Gasteiger partial charge in [0.05, 0.1) is 11.8 Å². The third kappa shape index (κ3) is 3.68. The Kier molecular flexibility index (Phi) is 5.60. The average Bonchev–Trinajstić information content (AvgIpc) is 2.84. The lowest BCUT2D eigenvalue weighted by Gasteiger charge is -2.31. The molecule has 1 aliphatic rings. The van der Waals surface area contributed by atoms with E-state index in [4.69, 9.17) is 15.5 Å². The van der Waals surface area contributed by atoms with Crippen molar-refractivity contribution >= 4 is 16.5 Å². The molecule has 1 saturated heterocycles. The van der Waals surface area contributed by atoms with Crippen LogP contribution in [0.15, 0.2) is 0 Å². The molecule has 0 atom stereocenters. The van der Waals surface area contributed by atoms with Gasteiger partial charge in [0.2, 0.25) is 0 Å². The summed E-state index contributed by atoms with van der Waals surface area (Å²) >= 11 is 1.77. The second-order valence-electron chi connectivity index (χ2n) is 4.96. The molecule has 1 aromatic rings. The Hall–Kier alpha value is -0.650. The largest absolute Gasteiger partial charge is 0.378 e. The van der Waals surface area contributed by atoms with Crippen molar-refractivity contribution in [2.45, 2.75) is 52.2 Å². The molecule has 4 nitrogen and oxygen atoms in total. The van der Waals surface area contributed by atoms with Crippen LogP contribution in [0, 0.1) is 0 Å². The van der Waals surface area contributed by atoms with Gasteiger partial charge in [-0.3, -0.25) is 0 Å². The van der Waals surface area contributed by atoms with Crippen LogP contribution in [-0.2, 0) is 17.7 Å². The van der Waals surface area contributed by atoms with Crippen LogP contribution in [0.25, 0.3) is 0 Å². The van der Waals surface area contributed by atoms with Crippen LogP contribution >= 0.6 is 11.3 Å². The number of nitrogens with two attached hydrogens (primary N) is 1. The number of hydrogen-bond donors (Lipinski definition) is 1. The van der Waals surface area contributed by atoms with E-state index in [0.29, 0.717) is 12.6 Å². The van der Waals surface area contributed by atoms with Gasteiger partial charge in [-0.2, -0.15) is 0 Å². The van der Waals surface area contributed by atoms with Gasteiger partial charge in [-0.25, -0.2) is 4.98 Å². The number of nitrogens with zero attached hydrogens (tertiary/aromatic N) is 2. The SMILES string of the molecule is CCCc1nc(N2CCC(OCC)CC2)sc1CN. The highest BCUT2D eigenvalue weighted by atomic mass is 32.1. The lowest BCUT2D eigenvalue weighted by Crippen LogP contribution is -2.37. The summed E-state index contributed by atoms with van der Waals surface area (Å²) in [6.45, 7) is 7.79. The van der Waals surface area contributed by atoms with Gasteiger partial charge >= 0.3 is 0 Å². The Morgan fingerprint density at radius 1 is 1.37 bits per heavy atom. The fourth-order valence-electron chi connectivity index (χ4n) is 2.55. The first-order valence-corrected chi connectivity index (χ1v) is 8.15. The van der Waals surface area contributed by atoms with Gasteiger partial charge in [-0.15, -0.1) is 11.3 Å². The fourth-order valence-corrected chi connectivity index (χ4v) is 3.58. The molecule has 19 heavy (non-hydrogen) atoms. The van der Waals surface area contributed by atoms with E-state index in [0.717, 1.165) is 50.5 Å². The highest BCUT2D eigenvalue weighted by Gasteiger charge is 2.22. The molecule has 0 aliphatic carbocycles. The smallest absolute Gasteiger partial charge is 0.185 e. The zero-order valence-electron chi connectivity index (χ0n) is 12.0. The van der Waals surface area contributed by atoms with Crippen molar-refractivity contribution in [2.24, 2.45) is 5.73 Å². The molecule has 0 aromatic carbocycles. The predicted octanol–water partition coefficient (Wildman–Crippen LogP) is 2.56. The normalized spacial score (nSPS) is 17.1. The molecular formula is C14H25N3OS. The van der Waals surface area contributed by atoms with Crippen molar-refractivity contribution in [3.63, 3.8) is 0 Å². The average molecular weight is 283 g/mol. The molecule has 108 valence electrons. The van der Waals surface area contributed by atoms with E-state index in [1.807, 2.05) is 0 Å². The maximum atomic E-state index is 5.82. The van der Waals surface area contributed by atoms with E-state index in [9.17, 15) is 0 Å². The van der Waals surface area contributed by atoms with E-state index in [-0.39, 0.29) is 0 Å². The van der Waals surface area contributed by atoms with E-state index in [1.165, 1.54) is 10.6 Å². The minimum atomic E-state index is 0.435. The van der Waals surface area contributed by atoms with Gasteiger partial charge in [0, 0.05) is 31.1 Å². The first-order valence-electron chi connectivity index (χ1n) is 7.33. The van der Waals surface area contributed by atoms with Crippen LogP contribution in [0.3, 0.4) is 0 Å². The van der Waals surface area contributed by atoms with Crippen molar-refractivity contribution < 1.29 is 4.74 Å². The minimum Gasteiger partial charge on any atom is -0.378 e. The van der Waals surface area contributed by atoms with E-state index in [2.05, 4.69) is 18.7 Å². The molecule has 0 amide bonds. The third-order valence-corrected chi connectivity index (χ3v) is 4.73. The number of piperidine rings is 1. The number of rotatable bonds is 6. The predicted molar refractivity (Wildman–Crippen MR) is 80.9 cm³/mol. The maximum Gasteiger partial charge on any atom is 0.185 e. The van der Waals surface area contributed by atoms with Crippen LogP contribution in [-0.4, -0.2) is 30.8 Å². The van der Waals surface area contributed by atoms with Gasteiger partial charge in [-0.05, 0) is 26.2 Å². The van der Waals surface area contributed by atoms with Gasteiger partial charge in [0.25, 0.3) is 0 Å². The fraction of sp³-hybridized carbons (Fsp3) is 0.786. The van der Waals surface area contributed by atoms with Crippen molar-refractivity contribution in [3.05, 3.63) is 10.6 Å². The van der Waals surface area contributed by atoms with Crippen LogP contribution in [0.4, 0.5) is 5.13 Å². The van der Waals surface area contributed by atoms with Crippen molar-refractivity contribution in [1.82, 2.24) is 4.98 Å². The summed E-state index contributed by atoms with van der Waals surface area (Å²) in [5, 5.41) is 1.15. The number of anilines is 1. The Balaban J connectivity index is 1.99. The quantitative estimate of drug-likeness (QED) is 0.872. The first kappa shape index (κ1) is 14.8. The molecule has 1 aromatic heterocycles. The molecule has 0 unspecified atom stereocenters. The number of aryl methyl sites for hydroxylation is 1. The third-order valence-electron chi connectivity index (χ3n) is 3.55. The standard InChI is InChI=1S/C14H25N3OS/c1-3-5-12-13(10-15)19-14(16-12)17-8-6-11(7-9-17)18-4-2/h11H,3-10,15H2,1-2H3. The van der Waals surface area contributed by atoms with Gasteiger partial charge in [0.15, 0.2) is 5.13 Å². The van der Waals surface area contributed by atoms with Gasteiger partial charge in [0.1, 0.15) is 0 Å². The molecule has 0 spiro atoms. The molecule has 2 rings (SSSR count). The van der Waals surface area contributed by atoms with Crippen LogP contribution in [0.2, 0.25) is 0 Å². The monoisotopic (exact) mass is 283 g/mol. The summed E-state index contributed by atoms with van der Waals surface area (Å²) in [5.74, 6) is 0. The van der Waals surface area contributed by atoms with Crippen molar-refractivity contribution in [2.75, 3.05) is 24.6 Å². The first-order chi connectivity index (χ1) is 9.28. The number of aromatic nitrogens is 1. The van der Waals surface area contributed by atoms with E-state index >= 15 is 0 Å². The second-order valence-corrected chi connectivity index (χ2v) is 6.02. The highest BCUT2D eigenvalue weighted by Crippen LogP contribution is 2.29. The summed E-state index contributed by atoms with van der Waals surface area (Å²) in [6.07, 6.45) is 4.81. The zero-order chi connectivity index (χ0) is 13.7. The zero-order valence-corrected chi connectivity index (χ0v) is 12.8. The summed E-state index contributed by atoms with van der Waals surface area (Å²) in [6, 6.07) is 0. The Morgan fingerprint density at radius 2 is 2.11 bits per heavy atom. The molecule has 2 heterocycles. The minimum absolute atomic E-state index is 0.435. The molecule has 0 saturated carbocycles. The van der Waals surface area contributed by atoms with Crippen LogP contribution in [0.1, 0.15) is 43.7 Å². The molecule has 1 fully saturated rings. The lowest BCUT2D eigenvalue weighted by atomic mass is 10.1. The van der Waals surface area contributed by atoms with E-state index < -0.39 is 0 Å². The molecule has 5 heteroatoms. The molecule has 0 radical (unpaired) electrons. The Labute approximate surface area is 120 Å². The summed E-state index contributed by atoms with van der Waals surface area (Å²) in [7, 11) is 0. The number of ether oxygens (including phenoxy) is 1. The summed E-state index contributed by atoms with van der Waals surface area (Å²) in [5.41, 5.74) is 7.02. The highest BCUT2D eigenvalue weighted by molar-refractivity contribution is 7.15. The molecule has 2 N–H and O–H groups in total. The van der Waals surface area contributed by atoms with Crippen molar-refractivity contribution in [3.8, 4) is 0 Å². The summed E-state index contributed by atoms with van der Waals surface area (Å²) in [4.78, 5) is 8.43. The summed E-state index contributed by atoms with van der Waals surface area (Å²) < 4.78 is 5.69. The lowest BCUT2D eigenvalue weighted by molar-refractivity contribution is 0.0459. The Bertz CT molecular complexity index is 386. The van der Waals surface area contributed by atoms with Crippen LogP contribution in [0.5, 0.6) is 0 Å². The van der Waals surface area contributed by atoms with Crippen LogP contribution < -0.4 is 10.6 Å². The Morgan fingerprint density at radius 3 is 2.68 bits per heavy atom. The van der Waals surface area contributed by atoms with Crippen molar-refractivity contribution in [1.29, 1.82) is 0 Å². The molecule has 0 bridgehead atoms. The number of thiazole rings is 1. The second kappa shape index (κ2) is 7.22. The topological polar surface area (TPSA) is 51.4 Å². The van der Waals surface area contributed by atoms with E-state index in [1.54, 1.807) is 11.3 Å².